The van der Waals surface area contributed by atoms with Crippen LogP contribution in [-0.2, 0) is 13.0 Å². The minimum atomic E-state index is 0. The standard InChI is InChI=1S/C36H54Cl2NO3.BrH/c1-3-4-5-6-7-8-9-12-15-18-34-31-20-22-35(41-2)36(42-26-17-14-11-10-13-16-25-40)32(31)23-24-39(34)28-29-27-30(37)19-21-33(29)38;/h19-22,27,40H,3-18,23-26,28H2,1-2H3;1H/q+1;/p-1. The molecule has 0 saturated carbocycles. The Morgan fingerprint density at radius 3 is 2.14 bits per heavy atom. The molecule has 1 N–H and O–H groups in total. The number of halogens is 3. The van der Waals surface area contributed by atoms with Crippen molar-refractivity contribution < 1.29 is 36.1 Å². The molecule has 0 aromatic heterocycles. The van der Waals surface area contributed by atoms with Gasteiger partial charge >= 0.3 is 0 Å². The number of fused-ring (bicyclic) bond motifs is 1. The van der Waals surface area contributed by atoms with E-state index in [1.54, 1.807) is 7.11 Å². The van der Waals surface area contributed by atoms with Gasteiger partial charge in [-0.2, -0.15) is 0 Å². The summed E-state index contributed by atoms with van der Waals surface area (Å²) in [4.78, 5) is 0. The minimum absolute atomic E-state index is 0. The average molecular weight is 700 g/mol. The lowest BCUT2D eigenvalue weighted by Crippen LogP contribution is -3.00. The Kier molecular flexibility index (Phi) is 19.6. The molecule has 2 aromatic carbocycles. The molecule has 3 rings (SSSR count). The van der Waals surface area contributed by atoms with E-state index in [0.717, 1.165) is 78.7 Å². The monoisotopic (exact) mass is 697 g/mol. The van der Waals surface area contributed by atoms with Gasteiger partial charge in [0.15, 0.2) is 23.8 Å². The highest BCUT2D eigenvalue weighted by molar-refractivity contribution is 6.33. The number of aliphatic hydroxyl groups is 1. The number of aliphatic hydroxyl groups excluding tert-OH is 1. The van der Waals surface area contributed by atoms with E-state index in [4.69, 9.17) is 37.8 Å². The molecular weight excluding hydrogens is 645 g/mol. The highest BCUT2D eigenvalue weighted by Crippen LogP contribution is 2.37. The van der Waals surface area contributed by atoms with Crippen molar-refractivity contribution in [1.82, 2.24) is 0 Å². The van der Waals surface area contributed by atoms with Crippen LogP contribution in [0.15, 0.2) is 30.3 Å². The molecule has 1 heterocycles. The Morgan fingerprint density at radius 1 is 0.814 bits per heavy atom. The molecule has 0 spiro atoms. The van der Waals surface area contributed by atoms with E-state index in [0.29, 0.717) is 13.2 Å². The van der Waals surface area contributed by atoms with E-state index < -0.39 is 0 Å². The maximum atomic E-state index is 8.98. The smallest absolute Gasteiger partial charge is 0.184 e. The highest BCUT2D eigenvalue weighted by Gasteiger charge is 2.30. The number of benzene rings is 2. The first-order valence-corrected chi connectivity index (χ1v) is 17.3. The number of methoxy groups -OCH3 is 1. The number of hydrogen-bond acceptors (Lipinski definition) is 3. The minimum Gasteiger partial charge on any atom is -1.00 e. The van der Waals surface area contributed by atoms with Gasteiger partial charge < -0.3 is 31.6 Å². The Hall–Kier alpha value is -1.27. The van der Waals surface area contributed by atoms with Crippen LogP contribution in [0, 0.1) is 0 Å². The van der Waals surface area contributed by atoms with Crippen molar-refractivity contribution in [2.24, 2.45) is 0 Å². The molecule has 43 heavy (non-hydrogen) atoms. The first kappa shape index (κ1) is 37.9. The van der Waals surface area contributed by atoms with Crippen molar-refractivity contribution in [2.75, 3.05) is 26.9 Å². The topological polar surface area (TPSA) is 41.7 Å². The second-order valence-electron chi connectivity index (χ2n) is 11.7. The van der Waals surface area contributed by atoms with Gasteiger partial charge in [-0.1, -0.05) is 107 Å². The van der Waals surface area contributed by atoms with Crippen molar-refractivity contribution in [3.63, 3.8) is 0 Å². The van der Waals surface area contributed by atoms with E-state index in [1.165, 1.54) is 87.5 Å². The van der Waals surface area contributed by atoms with Crippen LogP contribution in [0.3, 0.4) is 0 Å². The molecule has 0 bridgehead atoms. The van der Waals surface area contributed by atoms with Crippen LogP contribution in [0.1, 0.15) is 126 Å². The van der Waals surface area contributed by atoms with Gasteiger partial charge in [-0.3, -0.25) is 0 Å². The molecule has 1 aliphatic heterocycles. The number of ether oxygens (including phenoxy) is 2. The van der Waals surface area contributed by atoms with Crippen molar-refractivity contribution in [2.45, 2.75) is 123 Å². The molecule has 0 atom stereocenters. The molecule has 0 fully saturated rings. The Labute approximate surface area is 281 Å². The molecule has 0 unspecified atom stereocenters. The van der Waals surface area contributed by atoms with Crippen LogP contribution in [0.5, 0.6) is 11.5 Å². The van der Waals surface area contributed by atoms with Gasteiger partial charge in [-0.15, -0.1) is 0 Å². The van der Waals surface area contributed by atoms with Crippen molar-refractivity contribution >= 4 is 28.9 Å². The molecule has 0 amide bonds. The summed E-state index contributed by atoms with van der Waals surface area (Å²) in [6, 6.07) is 10.1. The highest BCUT2D eigenvalue weighted by atomic mass is 79.9. The van der Waals surface area contributed by atoms with Gasteiger partial charge in [-0.25, -0.2) is 4.58 Å². The lowest BCUT2D eigenvalue weighted by atomic mass is 9.91. The summed E-state index contributed by atoms with van der Waals surface area (Å²) in [5, 5.41) is 10.5. The van der Waals surface area contributed by atoms with E-state index in [-0.39, 0.29) is 17.0 Å². The Morgan fingerprint density at radius 2 is 1.47 bits per heavy atom. The van der Waals surface area contributed by atoms with Crippen LogP contribution >= 0.6 is 23.2 Å². The molecular formula is C36H54BrCl2NO3. The van der Waals surface area contributed by atoms with Crippen LogP contribution in [-0.4, -0.2) is 42.3 Å². The van der Waals surface area contributed by atoms with Gasteiger partial charge in [0, 0.05) is 41.2 Å². The zero-order valence-electron chi connectivity index (χ0n) is 26.6. The summed E-state index contributed by atoms with van der Waals surface area (Å²) < 4.78 is 14.7. The largest absolute Gasteiger partial charge is 1.00 e. The molecule has 4 nitrogen and oxygen atoms in total. The third kappa shape index (κ3) is 12.9. The zero-order valence-corrected chi connectivity index (χ0v) is 29.7. The van der Waals surface area contributed by atoms with Gasteiger partial charge in [-0.05, 0) is 49.6 Å². The van der Waals surface area contributed by atoms with Gasteiger partial charge in [0.25, 0.3) is 0 Å². The van der Waals surface area contributed by atoms with Gasteiger partial charge in [0.1, 0.15) is 6.54 Å². The molecule has 2 aromatic rings. The van der Waals surface area contributed by atoms with Crippen molar-refractivity contribution in [1.29, 1.82) is 0 Å². The van der Waals surface area contributed by atoms with Crippen molar-refractivity contribution in [3.8, 4) is 11.5 Å². The lowest BCUT2D eigenvalue weighted by Gasteiger charge is -2.23. The summed E-state index contributed by atoms with van der Waals surface area (Å²) in [7, 11) is 1.74. The fourth-order valence-electron chi connectivity index (χ4n) is 6.03. The molecule has 0 aliphatic carbocycles. The third-order valence-corrected chi connectivity index (χ3v) is 9.06. The summed E-state index contributed by atoms with van der Waals surface area (Å²) in [5.41, 5.74) is 5.02. The fraction of sp³-hybridized carbons (Fsp3) is 0.639. The van der Waals surface area contributed by atoms with E-state index in [1.807, 2.05) is 18.2 Å². The predicted molar refractivity (Wildman–Crippen MR) is 178 cm³/mol. The first-order chi connectivity index (χ1) is 20.6. The van der Waals surface area contributed by atoms with Crippen LogP contribution in [0.2, 0.25) is 10.0 Å². The molecule has 1 aliphatic rings. The summed E-state index contributed by atoms with van der Waals surface area (Å²) in [6.07, 6.45) is 20.4. The summed E-state index contributed by atoms with van der Waals surface area (Å²) in [6.45, 7) is 4.94. The quantitative estimate of drug-likeness (QED) is 0.105. The van der Waals surface area contributed by atoms with Gasteiger partial charge in [0.05, 0.1) is 18.7 Å². The Balaban J connectivity index is 0.00000645. The SMILES string of the molecule is CCCCCCCCCCCC1=[N+](Cc2cc(Cl)ccc2Cl)CCc2c1ccc(OC)c2OCCCCCCCCO.[Br-]. The maximum absolute atomic E-state index is 8.98. The predicted octanol–water partition coefficient (Wildman–Crippen LogP) is 7.20. The zero-order chi connectivity index (χ0) is 30.0. The van der Waals surface area contributed by atoms with E-state index in [9.17, 15) is 0 Å². The number of hydrogen-bond donors (Lipinski definition) is 1. The molecule has 0 radical (unpaired) electrons. The number of unbranched alkanes of at least 4 members (excludes halogenated alkanes) is 13. The number of rotatable bonds is 22. The number of nitrogens with zero attached hydrogens (tertiary/aromatic N) is 1. The molecule has 0 saturated heterocycles. The first-order valence-electron chi connectivity index (χ1n) is 16.6. The summed E-state index contributed by atoms with van der Waals surface area (Å²) >= 11 is 13.0. The molecule has 7 heteroatoms. The second kappa shape index (κ2) is 22.3. The summed E-state index contributed by atoms with van der Waals surface area (Å²) in [5.74, 6) is 1.74. The lowest BCUT2D eigenvalue weighted by molar-refractivity contribution is -0.545. The van der Waals surface area contributed by atoms with Crippen LogP contribution in [0.4, 0.5) is 0 Å². The maximum Gasteiger partial charge on any atom is 0.184 e. The van der Waals surface area contributed by atoms with E-state index in [2.05, 4.69) is 23.6 Å². The normalized spacial score (nSPS) is 12.7. The molecule has 242 valence electrons. The van der Waals surface area contributed by atoms with Crippen LogP contribution < -0.4 is 26.5 Å². The van der Waals surface area contributed by atoms with Crippen molar-refractivity contribution in [3.05, 3.63) is 57.1 Å². The fourth-order valence-corrected chi connectivity index (χ4v) is 6.40. The van der Waals surface area contributed by atoms with E-state index >= 15 is 0 Å². The van der Waals surface area contributed by atoms with Crippen LogP contribution in [0.25, 0.3) is 0 Å². The average Bonchev–Trinajstić information content (AvgIpc) is 3.00. The second-order valence-corrected chi connectivity index (χ2v) is 12.6. The Bertz CT molecular complexity index is 1110. The third-order valence-electron chi connectivity index (χ3n) is 8.45. The van der Waals surface area contributed by atoms with Gasteiger partial charge in [0.2, 0.25) is 0 Å².